The van der Waals surface area contributed by atoms with Crippen molar-refractivity contribution in [2.24, 2.45) is 5.92 Å². The van der Waals surface area contributed by atoms with Gasteiger partial charge in [0, 0.05) is 5.92 Å². The summed E-state index contributed by atoms with van der Waals surface area (Å²) >= 11 is 0. The zero-order valence-electron chi connectivity index (χ0n) is 7.50. The Morgan fingerprint density at radius 3 is 2.25 bits per heavy atom. The van der Waals surface area contributed by atoms with E-state index in [-0.39, 0.29) is 17.8 Å². The predicted molar refractivity (Wildman–Crippen MR) is 43.6 cm³/mol. The van der Waals surface area contributed by atoms with Gasteiger partial charge in [-0.15, -0.1) is 0 Å². The van der Waals surface area contributed by atoms with E-state index in [0.29, 0.717) is 0 Å². The lowest BCUT2D eigenvalue weighted by atomic mass is 9.82. The summed E-state index contributed by atoms with van der Waals surface area (Å²) in [5, 5.41) is 0. The van der Waals surface area contributed by atoms with E-state index >= 15 is 0 Å². The van der Waals surface area contributed by atoms with Crippen LogP contribution in [0.25, 0.3) is 0 Å². The van der Waals surface area contributed by atoms with Crippen LogP contribution >= 0.6 is 0 Å². The summed E-state index contributed by atoms with van der Waals surface area (Å²) in [7, 11) is 0. The number of hydrogen-bond acceptors (Lipinski definition) is 3. The number of ketones is 1. The Morgan fingerprint density at radius 2 is 1.92 bits per heavy atom. The maximum atomic E-state index is 11.2. The highest BCUT2D eigenvalue weighted by Gasteiger charge is 2.31. The van der Waals surface area contributed by atoms with Gasteiger partial charge in [0.15, 0.2) is 0 Å². The molecule has 1 rings (SSSR count). The van der Waals surface area contributed by atoms with E-state index < -0.39 is 5.97 Å². The van der Waals surface area contributed by atoms with E-state index in [2.05, 4.69) is 0 Å². The minimum Gasteiger partial charge on any atom is -0.457 e. The van der Waals surface area contributed by atoms with Gasteiger partial charge in [0.2, 0.25) is 5.78 Å². The second-order valence-corrected chi connectivity index (χ2v) is 3.45. The van der Waals surface area contributed by atoms with Gasteiger partial charge in [0.05, 0.1) is 6.10 Å². The van der Waals surface area contributed by atoms with Crippen LogP contribution in [0.5, 0.6) is 0 Å². The molecule has 0 unspecified atom stereocenters. The quantitative estimate of drug-likeness (QED) is 0.473. The van der Waals surface area contributed by atoms with Crippen LogP contribution in [-0.4, -0.2) is 17.9 Å². The topological polar surface area (TPSA) is 43.4 Å². The van der Waals surface area contributed by atoms with E-state index in [1.165, 1.54) is 0 Å². The Hall–Kier alpha value is -0.860. The van der Waals surface area contributed by atoms with Crippen LogP contribution in [0.3, 0.4) is 0 Å². The van der Waals surface area contributed by atoms with E-state index in [1.807, 2.05) is 0 Å². The van der Waals surface area contributed by atoms with Gasteiger partial charge in [-0.05, 0) is 26.7 Å². The maximum absolute atomic E-state index is 11.2. The molecule has 3 nitrogen and oxygen atoms in total. The number of esters is 1. The molecular weight excluding hydrogens is 156 g/mol. The molecular formula is C9H14O3. The van der Waals surface area contributed by atoms with Gasteiger partial charge in [-0.2, -0.15) is 0 Å². The Kier molecular flexibility index (Phi) is 2.84. The van der Waals surface area contributed by atoms with Crippen LogP contribution < -0.4 is 0 Å². The Morgan fingerprint density at radius 1 is 1.33 bits per heavy atom. The lowest BCUT2D eigenvalue weighted by Gasteiger charge is -2.22. The highest BCUT2D eigenvalue weighted by molar-refractivity contribution is 6.34. The normalized spacial score (nSPS) is 17.2. The van der Waals surface area contributed by atoms with E-state index in [9.17, 15) is 9.59 Å². The number of Topliss-reactive ketones (excluding diaryl/α,β-unsaturated/α-hetero) is 1. The maximum Gasteiger partial charge on any atom is 0.375 e. The molecule has 3 heteroatoms. The average molecular weight is 170 g/mol. The molecule has 0 aromatic rings. The van der Waals surface area contributed by atoms with Gasteiger partial charge < -0.3 is 4.74 Å². The van der Waals surface area contributed by atoms with Crippen LogP contribution in [0, 0.1) is 5.92 Å². The van der Waals surface area contributed by atoms with Crippen molar-refractivity contribution in [3.05, 3.63) is 0 Å². The number of rotatable bonds is 3. The van der Waals surface area contributed by atoms with E-state index in [4.69, 9.17) is 4.74 Å². The fraction of sp³-hybridized carbons (Fsp3) is 0.778. The molecule has 68 valence electrons. The lowest BCUT2D eigenvalue weighted by molar-refractivity contribution is -0.159. The zero-order chi connectivity index (χ0) is 9.14. The molecule has 0 aliphatic heterocycles. The molecule has 12 heavy (non-hydrogen) atoms. The van der Waals surface area contributed by atoms with Crippen LogP contribution in [0.1, 0.15) is 33.1 Å². The Labute approximate surface area is 72.1 Å². The third-order valence-electron chi connectivity index (χ3n) is 2.02. The van der Waals surface area contributed by atoms with Gasteiger partial charge in [-0.3, -0.25) is 4.79 Å². The van der Waals surface area contributed by atoms with Crippen molar-refractivity contribution in [3.8, 4) is 0 Å². The standard InChI is InChI=1S/C9H14O3/c1-6(2)12-9(11)8(10)7-4-3-5-7/h6-7H,3-5H2,1-2H3. The van der Waals surface area contributed by atoms with Crippen molar-refractivity contribution >= 4 is 11.8 Å². The first-order chi connectivity index (χ1) is 5.61. The van der Waals surface area contributed by atoms with E-state index in [1.54, 1.807) is 13.8 Å². The average Bonchev–Trinajstić information content (AvgIpc) is 1.81. The van der Waals surface area contributed by atoms with Crippen molar-refractivity contribution in [2.75, 3.05) is 0 Å². The first kappa shape index (κ1) is 9.23. The summed E-state index contributed by atoms with van der Waals surface area (Å²) < 4.78 is 4.78. The van der Waals surface area contributed by atoms with Crippen LogP contribution in [-0.2, 0) is 14.3 Å². The van der Waals surface area contributed by atoms with Gasteiger partial charge in [0.25, 0.3) is 0 Å². The second-order valence-electron chi connectivity index (χ2n) is 3.45. The van der Waals surface area contributed by atoms with Crippen LogP contribution in [0.15, 0.2) is 0 Å². The SMILES string of the molecule is CC(C)OC(=O)C(=O)C1CCC1. The highest BCUT2D eigenvalue weighted by Crippen LogP contribution is 2.27. The molecule has 0 amide bonds. The van der Waals surface area contributed by atoms with Crippen molar-refractivity contribution in [2.45, 2.75) is 39.2 Å². The van der Waals surface area contributed by atoms with E-state index in [0.717, 1.165) is 19.3 Å². The second kappa shape index (κ2) is 3.70. The van der Waals surface area contributed by atoms with Crippen molar-refractivity contribution in [1.29, 1.82) is 0 Å². The zero-order valence-corrected chi connectivity index (χ0v) is 7.50. The highest BCUT2D eigenvalue weighted by atomic mass is 16.5. The Balaban J connectivity index is 2.35. The van der Waals surface area contributed by atoms with Crippen molar-refractivity contribution < 1.29 is 14.3 Å². The summed E-state index contributed by atoms with van der Waals surface area (Å²) in [4.78, 5) is 22.2. The minimum absolute atomic E-state index is 0.0451. The molecule has 0 spiro atoms. The first-order valence-corrected chi connectivity index (χ1v) is 4.36. The fourth-order valence-electron chi connectivity index (χ4n) is 1.11. The summed E-state index contributed by atoms with van der Waals surface area (Å²) in [6, 6.07) is 0. The largest absolute Gasteiger partial charge is 0.457 e. The third-order valence-corrected chi connectivity index (χ3v) is 2.02. The molecule has 0 bridgehead atoms. The summed E-state index contributed by atoms with van der Waals surface area (Å²) in [6.45, 7) is 3.48. The van der Waals surface area contributed by atoms with Crippen molar-refractivity contribution in [1.82, 2.24) is 0 Å². The number of ether oxygens (including phenoxy) is 1. The fourth-order valence-corrected chi connectivity index (χ4v) is 1.11. The van der Waals surface area contributed by atoms with Gasteiger partial charge in [-0.1, -0.05) is 6.42 Å². The molecule has 0 aromatic carbocycles. The molecule has 0 N–H and O–H groups in total. The summed E-state index contributed by atoms with van der Waals surface area (Å²) in [6.07, 6.45) is 2.57. The molecule has 1 aliphatic carbocycles. The molecule has 0 radical (unpaired) electrons. The number of hydrogen-bond donors (Lipinski definition) is 0. The molecule has 0 aromatic heterocycles. The van der Waals surface area contributed by atoms with Gasteiger partial charge in [0.1, 0.15) is 0 Å². The molecule has 0 saturated heterocycles. The molecule has 0 atom stereocenters. The molecule has 1 aliphatic rings. The monoisotopic (exact) mass is 170 g/mol. The van der Waals surface area contributed by atoms with Crippen LogP contribution in [0.4, 0.5) is 0 Å². The summed E-state index contributed by atoms with van der Waals surface area (Å²) in [5.74, 6) is -1.04. The molecule has 1 fully saturated rings. The predicted octanol–water partition coefficient (Wildman–Crippen LogP) is 1.31. The number of carbonyl (C=O) groups is 2. The van der Waals surface area contributed by atoms with Crippen LogP contribution in [0.2, 0.25) is 0 Å². The molecule has 1 saturated carbocycles. The summed E-state index contributed by atoms with van der Waals surface area (Å²) in [5.41, 5.74) is 0. The minimum atomic E-state index is -0.658. The van der Waals surface area contributed by atoms with Crippen molar-refractivity contribution in [3.63, 3.8) is 0 Å². The number of carbonyl (C=O) groups excluding carboxylic acids is 2. The first-order valence-electron chi connectivity index (χ1n) is 4.36. The van der Waals surface area contributed by atoms with Gasteiger partial charge in [-0.25, -0.2) is 4.79 Å². The van der Waals surface area contributed by atoms with Gasteiger partial charge >= 0.3 is 5.97 Å². The Bertz CT molecular complexity index is 192. The smallest absolute Gasteiger partial charge is 0.375 e. The third kappa shape index (κ3) is 2.06. The lowest BCUT2D eigenvalue weighted by Crippen LogP contribution is -2.31. The molecule has 0 heterocycles.